The minimum Gasteiger partial charge on any atom is -0.497 e. The van der Waals surface area contributed by atoms with E-state index in [0.717, 1.165) is 17.0 Å². The maximum atomic E-state index is 13.5. The lowest BCUT2D eigenvalue weighted by molar-refractivity contribution is -0.137. The van der Waals surface area contributed by atoms with Crippen LogP contribution in [-0.4, -0.2) is 26.0 Å². The fourth-order valence-electron chi connectivity index (χ4n) is 3.57. The number of halogens is 3. The fraction of sp³-hybridized carbons (Fsp3) is 0.120. The molecule has 34 heavy (non-hydrogen) atoms. The molecule has 174 valence electrons. The maximum Gasteiger partial charge on any atom is 0.416 e. The van der Waals surface area contributed by atoms with Gasteiger partial charge in [-0.3, -0.25) is 9.59 Å². The third-order valence-electron chi connectivity index (χ3n) is 5.23. The van der Waals surface area contributed by atoms with Crippen LogP contribution in [0.3, 0.4) is 0 Å². The van der Waals surface area contributed by atoms with E-state index in [1.54, 1.807) is 42.5 Å². The number of hydrogen-bond donors (Lipinski definition) is 1. The van der Waals surface area contributed by atoms with E-state index in [1.165, 1.54) is 32.4 Å². The zero-order valence-corrected chi connectivity index (χ0v) is 18.1. The molecule has 0 bridgehead atoms. The van der Waals surface area contributed by atoms with E-state index < -0.39 is 23.6 Å². The van der Waals surface area contributed by atoms with Gasteiger partial charge in [0, 0.05) is 11.8 Å². The summed E-state index contributed by atoms with van der Waals surface area (Å²) in [6.45, 7) is 0. The summed E-state index contributed by atoms with van der Waals surface area (Å²) < 4.78 is 49.9. The average molecular weight is 468 g/mol. The fourth-order valence-corrected chi connectivity index (χ4v) is 3.57. The van der Waals surface area contributed by atoms with Gasteiger partial charge in [-0.15, -0.1) is 0 Å². The lowest BCUT2D eigenvalue weighted by Crippen LogP contribution is -2.32. The molecule has 1 N–H and O–H groups in total. The summed E-state index contributed by atoms with van der Waals surface area (Å²) >= 11 is 0. The number of rotatable bonds is 6. The molecule has 4 rings (SSSR count). The number of nitrogens with zero attached hydrogens (tertiary/aromatic N) is 1. The van der Waals surface area contributed by atoms with Crippen LogP contribution < -0.4 is 19.7 Å². The second-order valence-electron chi connectivity index (χ2n) is 7.33. The Kier molecular flexibility index (Phi) is 6.02. The van der Waals surface area contributed by atoms with Gasteiger partial charge >= 0.3 is 6.18 Å². The quantitative estimate of drug-likeness (QED) is 0.509. The van der Waals surface area contributed by atoms with Crippen molar-refractivity contribution < 1.29 is 32.2 Å². The highest BCUT2D eigenvalue weighted by atomic mass is 19.4. The predicted molar refractivity (Wildman–Crippen MR) is 120 cm³/mol. The second kappa shape index (κ2) is 8.93. The van der Waals surface area contributed by atoms with Crippen molar-refractivity contribution in [3.63, 3.8) is 0 Å². The van der Waals surface area contributed by atoms with Crippen LogP contribution in [0.15, 0.2) is 78.5 Å². The average Bonchev–Trinajstić information content (AvgIpc) is 3.08. The Bertz CT molecular complexity index is 1280. The van der Waals surface area contributed by atoms with E-state index in [1.807, 2.05) is 0 Å². The first kappa shape index (κ1) is 22.9. The summed E-state index contributed by atoms with van der Waals surface area (Å²) in [7, 11) is 2.94. The first-order valence-electron chi connectivity index (χ1n) is 10.1. The van der Waals surface area contributed by atoms with E-state index in [4.69, 9.17) is 9.47 Å². The van der Waals surface area contributed by atoms with E-state index >= 15 is 0 Å². The molecule has 0 saturated heterocycles. The second-order valence-corrected chi connectivity index (χ2v) is 7.33. The number of methoxy groups -OCH3 is 2. The van der Waals surface area contributed by atoms with Crippen molar-refractivity contribution in [3.05, 3.63) is 89.6 Å². The highest BCUT2D eigenvalue weighted by Gasteiger charge is 2.40. The van der Waals surface area contributed by atoms with Gasteiger partial charge in [-0.1, -0.05) is 24.3 Å². The topological polar surface area (TPSA) is 67.9 Å². The van der Waals surface area contributed by atoms with Gasteiger partial charge in [0.1, 0.15) is 17.2 Å². The number of benzene rings is 3. The molecular formula is C25H19F3N2O4. The largest absolute Gasteiger partial charge is 0.497 e. The summed E-state index contributed by atoms with van der Waals surface area (Å²) in [4.78, 5) is 27.8. The smallest absolute Gasteiger partial charge is 0.416 e. The summed E-state index contributed by atoms with van der Waals surface area (Å²) in [6.07, 6.45) is -4.56. The summed E-state index contributed by atoms with van der Waals surface area (Å²) in [5, 5.41) is 2.74. The molecule has 0 saturated carbocycles. The first-order chi connectivity index (χ1) is 16.2. The van der Waals surface area contributed by atoms with Gasteiger partial charge in [-0.25, -0.2) is 4.90 Å². The Morgan fingerprint density at radius 1 is 0.794 bits per heavy atom. The first-order valence-corrected chi connectivity index (χ1v) is 10.1. The van der Waals surface area contributed by atoms with Gasteiger partial charge in [0.25, 0.3) is 11.8 Å². The van der Waals surface area contributed by atoms with Gasteiger partial charge in [-0.2, -0.15) is 13.2 Å². The number of hydrogen-bond acceptors (Lipinski definition) is 5. The Morgan fingerprint density at radius 3 is 2.12 bits per heavy atom. The number of nitrogens with one attached hydrogen (secondary N) is 1. The minimum absolute atomic E-state index is 0.0180. The Morgan fingerprint density at radius 2 is 1.47 bits per heavy atom. The van der Waals surface area contributed by atoms with Crippen molar-refractivity contribution in [2.24, 2.45) is 0 Å². The van der Waals surface area contributed by atoms with Crippen LogP contribution in [0.5, 0.6) is 11.5 Å². The molecule has 1 aliphatic rings. The highest BCUT2D eigenvalue weighted by molar-refractivity contribution is 6.46. The molecular weight excluding hydrogens is 449 g/mol. The molecule has 0 aliphatic carbocycles. The molecule has 1 aliphatic heterocycles. The van der Waals surface area contributed by atoms with Crippen LogP contribution in [-0.2, 0) is 15.8 Å². The molecule has 0 radical (unpaired) electrons. The zero-order valence-electron chi connectivity index (χ0n) is 18.1. The van der Waals surface area contributed by atoms with Crippen LogP contribution in [0, 0.1) is 0 Å². The SMILES string of the molecule is COc1ccc(C2=C(Nc3cccc(C(F)(F)F)c3)C(=O)N(c3cccc(OC)c3)C2=O)cc1. The molecule has 0 fully saturated rings. The number of ether oxygens (including phenoxy) is 2. The maximum absolute atomic E-state index is 13.5. The molecule has 0 spiro atoms. The van der Waals surface area contributed by atoms with Crippen molar-refractivity contribution in [1.29, 1.82) is 0 Å². The third kappa shape index (κ3) is 4.32. The number of carbonyl (C=O) groups excluding carboxylic acids is 2. The van der Waals surface area contributed by atoms with Gasteiger partial charge in [-0.05, 0) is 48.0 Å². The molecule has 6 nitrogen and oxygen atoms in total. The van der Waals surface area contributed by atoms with Crippen LogP contribution >= 0.6 is 0 Å². The Labute approximate surface area is 193 Å². The molecule has 9 heteroatoms. The molecule has 1 heterocycles. The monoisotopic (exact) mass is 468 g/mol. The molecule has 0 atom stereocenters. The summed E-state index contributed by atoms with van der Waals surface area (Å²) in [5.41, 5.74) is -0.319. The Hall–Kier alpha value is -4.27. The van der Waals surface area contributed by atoms with Crippen molar-refractivity contribution in [2.75, 3.05) is 24.4 Å². The minimum atomic E-state index is -4.56. The van der Waals surface area contributed by atoms with Gasteiger partial charge in [0.15, 0.2) is 0 Å². The van der Waals surface area contributed by atoms with E-state index in [-0.39, 0.29) is 22.6 Å². The van der Waals surface area contributed by atoms with Gasteiger partial charge < -0.3 is 14.8 Å². The van der Waals surface area contributed by atoms with E-state index in [2.05, 4.69) is 5.32 Å². The standard InChI is InChI=1S/C25H19F3N2O4/c1-33-19-11-9-15(10-12-19)21-22(29-17-6-3-5-16(13-17)25(26,27)28)24(32)30(23(21)31)18-7-4-8-20(14-18)34-2/h3-14,29H,1-2H3. The van der Waals surface area contributed by atoms with E-state index in [0.29, 0.717) is 17.1 Å². The van der Waals surface area contributed by atoms with Gasteiger partial charge in [0.05, 0.1) is 31.0 Å². The molecule has 0 unspecified atom stereocenters. The van der Waals surface area contributed by atoms with Gasteiger partial charge in [0.2, 0.25) is 0 Å². The number of amides is 2. The van der Waals surface area contributed by atoms with Crippen LogP contribution in [0.2, 0.25) is 0 Å². The molecule has 2 amide bonds. The molecule has 3 aromatic carbocycles. The number of imide groups is 1. The predicted octanol–water partition coefficient (Wildman–Crippen LogP) is 5.12. The summed E-state index contributed by atoms with van der Waals surface area (Å²) in [5.74, 6) is -0.360. The molecule has 3 aromatic rings. The van der Waals surface area contributed by atoms with E-state index in [9.17, 15) is 22.8 Å². The van der Waals surface area contributed by atoms with Crippen molar-refractivity contribution in [2.45, 2.75) is 6.18 Å². The lowest BCUT2D eigenvalue weighted by atomic mass is 10.0. The van der Waals surface area contributed by atoms with Crippen molar-refractivity contribution in [3.8, 4) is 11.5 Å². The molecule has 0 aromatic heterocycles. The normalized spacial score (nSPS) is 14.0. The third-order valence-corrected chi connectivity index (χ3v) is 5.23. The van der Waals surface area contributed by atoms with Crippen LogP contribution in [0.25, 0.3) is 5.57 Å². The summed E-state index contributed by atoms with van der Waals surface area (Å²) in [6, 6.07) is 17.2. The number of anilines is 2. The van der Waals surface area contributed by atoms with Crippen LogP contribution in [0.1, 0.15) is 11.1 Å². The van der Waals surface area contributed by atoms with Crippen LogP contribution in [0.4, 0.5) is 24.5 Å². The Balaban J connectivity index is 1.81. The van der Waals surface area contributed by atoms with Crippen molar-refractivity contribution in [1.82, 2.24) is 0 Å². The van der Waals surface area contributed by atoms with Crippen molar-refractivity contribution >= 4 is 28.8 Å². The zero-order chi connectivity index (χ0) is 24.5. The lowest BCUT2D eigenvalue weighted by Gasteiger charge is -2.16. The number of carbonyl (C=O) groups is 2. The highest BCUT2D eigenvalue weighted by Crippen LogP contribution is 2.36. The number of alkyl halides is 3.